The molecule has 116 valence electrons. The lowest BCUT2D eigenvalue weighted by atomic mass is 9.74. The summed E-state index contributed by atoms with van der Waals surface area (Å²) >= 11 is 0. The van der Waals surface area contributed by atoms with Crippen molar-refractivity contribution in [2.24, 2.45) is 5.41 Å². The fourth-order valence-electron chi connectivity index (χ4n) is 3.34. The normalized spacial score (nSPS) is 25.6. The molecule has 3 heteroatoms. The standard InChI is InChI=1S/C18H27NO2/c1-14-7-5-6-8-16(14)17(20)19(3)13-18(2)11-9-15(21-4)10-12-18/h5-8,15H,9-13H2,1-4H3. The zero-order valence-electron chi connectivity index (χ0n) is 13.7. The third kappa shape index (κ3) is 3.85. The topological polar surface area (TPSA) is 29.5 Å². The molecule has 0 bridgehead atoms. The average Bonchev–Trinajstić information content (AvgIpc) is 2.47. The van der Waals surface area contributed by atoms with Crippen molar-refractivity contribution in [1.82, 2.24) is 4.90 Å². The van der Waals surface area contributed by atoms with Gasteiger partial charge in [0.15, 0.2) is 0 Å². The SMILES string of the molecule is COC1CCC(C)(CN(C)C(=O)c2ccccc2C)CC1. The largest absolute Gasteiger partial charge is 0.381 e. The van der Waals surface area contributed by atoms with E-state index in [-0.39, 0.29) is 11.3 Å². The maximum atomic E-state index is 12.6. The van der Waals surface area contributed by atoms with Gasteiger partial charge in [-0.05, 0) is 49.7 Å². The molecule has 1 aliphatic rings. The fourth-order valence-corrected chi connectivity index (χ4v) is 3.34. The lowest BCUT2D eigenvalue weighted by Crippen LogP contribution is -2.40. The first-order valence-electron chi connectivity index (χ1n) is 7.79. The second-order valence-corrected chi connectivity index (χ2v) is 6.72. The van der Waals surface area contributed by atoms with E-state index in [4.69, 9.17) is 4.74 Å². The minimum Gasteiger partial charge on any atom is -0.381 e. The number of carbonyl (C=O) groups excluding carboxylic acids is 1. The first-order valence-corrected chi connectivity index (χ1v) is 7.79. The van der Waals surface area contributed by atoms with E-state index in [1.807, 2.05) is 43.1 Å². The van der Waals surface area contributed by atoms with Crippen molar-refractivity contribution in [3.63, 3.8) is 0 Å². The van der Waals surface area contributed by atoms with Crippen molar-refractivity contribution in [2.75, 3.05) is 20.7 Å². The molecule has 3 nitrogen and oxygen atoms in total. The van der Waals surface area contributed by atoms with Crippen LogP contribution in [-0.2, 0) is 4.74 Å². The highest BCUT2D eigenvalue weighted by Gasteiger charge is 2.33. The Bertz CT molecular complexity index is 490. The van der Waals surface area contributed by atoms with Crippen LogP contribution >= 0.6 is 0 Å². The monoisotopic (exact) mass is 289 g/mol. The molecule has 0 aromatic heterocycles. The summed E-state index contributed by atoms with van der Waals surface area (Å²) in [6.07, 6.45) is 4.84. The number of ether oxygens (including phenoxy) is 1. The van der Waals surface area contributed by atoms with Crippen LogP contribution in [0.5, 0.6) is 0 Å². The molecule has 0 atom stereocenters. The maximum absolute atomic E-state index is 12.6. The van der Waals surface area contributed by atoms with Gasteiger partial charge in [0, 0.05) is 26.3 Å². The molecule has 1 amide bonds. The highest BCUT2D eigenvalue weighted by atomic mass is 16.5. The number of nitrogens with zero attached hydrogens (tertiary/aromatic N) is 1. The Hall–Kier alpha value is -1.35. The molecular formula is C18H27NO2. The Morgan fingerprint density at radius 2 is 1.95 bits per heavy atom. The lowest BCUT2D eigenvalue weighted by Gasteiger charge is -2.39. The molecule has 0 unspecified atom stereocenters. The van der Waals surface area contributed by atoms with Crippen LogP contribution in [0.25, 0.3) is 0 Å². The summed E-state index contributed by atoms with van der Waals surface area (Å²) in [4.78, 5) is 14.5. The van der Waals surface area contributed by atoms with Gasteiger partial charge in [0.25, 0.3) is 5.91 Å². The van der Waals surface area contributed by atoms with Gasteiger partial charge in [-0.25, -0.2) is 0 Å². The van der Waals surface area contributed by atoms with E-state index in [0.29, 0.717) is 6.10 Å². The van der Waals surface area contributed by atoms with Crippen LogP contribution in [-0.4, -0.2) is 37.6 Å². The van der Waals surface area contributed by atoms with Crippen molar-refractivity contribution < 1.29 is 9.53 Å². The molecule has 0 heterocycles. The quantitative estimate of drug-likeness (QED) is 0.846. The highest BCUT2D eigenvalue weighted by Crippen LogP contribution is 2.37. The van der Waals surface area contributed by atoms with Gasteiger partial charge in [-0.3, -0.25) is 4.79 Å². The Kier molecular flexibility index (Phi) is 5.04. The molecule has 21 heavy (non-hydrogen) atoms. The molecule has 2 rings (SSSR count). The van der Waals surface area contributed by atoms with Crippen LogP contribution in [0.15, 0.2) is 24.3 Å². The van der Waals surface area contributed by atoms with Crippen LogP contribution in [0, 0.1) is 12.3 Å². The minimum atomic E-state index is 0.128. The third-order valence-electron chi connectivity index (χ3n) is 4.81. The molecule has 1 aromatic rings. The first-order chi connectivity index (χ1) is 9.95. The van der Waals surface area contributed by atoms with E-state index < -0.39 is 0 Å². The maximum Gasteiger partial charge on any atom is 0.253 e. The predicted molar refractivity (Wildman–Crippen MR) is 85.5 cm³/mol. The Balaban J connectivity index is 2.00. The second kappa shape index (κ2) is 6.61. The van der Waals surface area contributed by atoms with Crippen molar-refractivity contribution >= 4 is 5.91 Å². The van der Waals surface area contributed by atoms with Gasteiger partial charge in [0.1, 0.15) is 0 Å². The number of amides is 1. The van der Waals surface area contributed by atoms with E-state index in [9.17, 15) is 4.79 Å². The van der Waals surface area contributed by atoms with Crippen LogP contribution in [0.3, 0.4) is 0 Å². The summed E-state index contributed by atoms with van der Waals surface area (Å²) in [6.45, 7) is 5.10. The molecule has 0 aliphatic heterocycles. The summed E-state index contributed by atoms with van der Waals surface area (Å²) in [7, 11) is 3.71. The van der Waals surface area contributed by atoms with Gasteiger partial charge in [-0.1, -0.05) is 25.1 Å². The zero-order valence-corrected chi connectivity index (χ0v) is 13.7. The minimum absolute atomic E-state index is 0.128. The van der Waals surface area contributed by atoms with E-state index in [0.717, 1.165) is 43.4 Å². The van der Waals surface area contributed by atoms with Gasteiger partial charge >= 0.3 is 0 Å². The molecule has 0 radical (unpaired) electrons. The summed E-state index contributed by atoms with van der Waals surface area (Å²) in [5.41, 5.74) is 2.07. The van der Waals surface area contributed by atoms with E-state index >= 15 is 0 Å². The molecular weight excluding hydrogens is 262 g/mol. The number of aryl methyl sites for hydroxylation is 1. The van der Waals surface area contributed by atoms with E-state index in [1.165, 1.54) is 0 Å². The van der Waals surface area contributed by atoms with Crippen LogP contribution in [0.2, 0.25) is 0 Å². The number of methoxy groups -OCH3 is 1. The van der Waals surface area contributed by atoms with Crippen molar-refractivity contribution in [3.8, 4) is 0 Å². The first kappa shape index (κ1) is 16.0. The summed E-state index contributed by atoms with van der Waals surface area (Å²) < 4.78 is 5.44. The van der Waals surface area contributed by atoms with Crippen molar-refractivity contribution in [3.05, 3.63) is 35.4 Å². The number of hydrogen-bond donors (Lipinski definition) is 0. The predicted octanol–water partition coefficient (Wildman–Crippen LogP) is 3.66. The second-order valence-electron chi connectivity index (χ2n) is 6.72. The average molecular weight is 289 g/mol. The van der Waals surface area contributed by atoms with Crippen molar-refractivity contribution in [2.45, 2.75) is 45.6 Å². The molecule has 1 aromatic carbocycles. The molecule has 1 aliphatic carbocycles. The Morgan fingerprint density at radius 3 is 2.52 bits per heavy atom. The Morgan fingerprint density at radius 1 is 1.33 bits per heavy atom. The number of rotatable bonds is 4. The van der Waals surface area contributed by atoms with Crippen LogP contribution in [0.4, 0.5) is 0 Å². The van der Waals surface area contributed by atoms with Crippen LogP contribution < -0.4 is 0 Å². The number of carbonyl (C=O) groups is 1. The van der Waals surface area contributed by atoms with E-state index in [2.05, 4.69) is 6.92 Å². The van der Waals surface area contributed by atoms with E-state index in [1.54, 1.807) is 7.11 Å². The van der Waals surface area contributed by atoms with Gasteiger partial charge in [0.05, 0.1) is 6.10 Å². The summed E-state index contributed by atoms with van der Waals surface area (Å²) in [5, 5.41) is 0. The van der Waals surface area contributed by atoms with Gasteiger partial charge in [0.2, 0.25) is 0 Å². The summed E-state index contributed by atoms with van der Waals surface area (Å²) in [5.74, 6) is 0.128. The molecule has 1 fully saturated rings. The number of hydrogen-bond acceptors (Lipinski definition) is 2. The van der Waals surface area contributed by atoms with Gasteiger partial charge < -0.3 is 9.64 Å². The third-order valence-corrected chi connectivity index (χ3v) is 4.81. The molecule has 1 saturated carbocycles. The molecule has 0 N–H and O–H groups in total. The summed E-state index contributed by atoms with van der Waals surface area (Å²) in [6, 6.07) is 7.81. The fraction of sp³-hybridized carbons (Fsp3) is 0.611. The van der Waals surface area contributed by atoms with Crippen molar-refractivity contribution in [1.29, 1.82) is 0 Å². The lowest BCUT2D eigenvalue weighted by molar-refractivity contribution is 0.0210. The zero-order chi connectivity index (χ0) is 15.5. The van der Waals surface area contributed by atoms with Crippen LogP contribution in [0.1, 0.15) is 48.5 Å². The van der Waals surface area contributed by atoms with Gasteiger partial charge in [-0.2, -0.15) is 0 Å². The highest BCUT2D eigenvalue weighted by molar-refractivity contribution is 5.95. The smallest absolute Gasteiger partial charge is 0.253 e. The number of benzene rings is 1. The van der Waals surface area contributed by atoms with Gasteiger partial charge in [-0.15, -0.1) is 0 Å². The molecule has 0 saturated heterocycles. The molecule has 0 spiro atoms. The Labute approximate surface area is 128 Å².